The molecule has 0 fully saturated rings. The molecule has 1 unspecified atom stereocenters. The number of nitrogens with one attached hydrogen (secondary N) is 1. The van der Waals surface area contributed by atoms with Crippen LogP contribution in [-0.2, 0) is 11.3 Å². The van der Waals surface area contributed by atoms with E-state index in [0.29, 0.717) is 11.7 Å². The summed E-state index contributed by atoms with van der Waals surface area (Å²) in [5.41, 5.74) is 3.27. The first-order valence-electron chi connectivity index (χ1n) is 8.09. The van der Waals surface area contributed by atoms with E-state index >= 15 is 0 Å². The van der Waals surface area contributed by atoms with Gasteiger partial charge in [0.05, 0.1) is 5.25 Å². The van der Waals surface area contributed by atoms with Crippen molar-refractivity contribution in [3.8, 4) is 5.69 Å². The summed E-state index contributed by atoms with van der Waals surface area (Å²) in [6, 6.07) is 18.0. The summed E-state index contributed by atoms with van der Waals surface area (Å²) in [5.74, 6) is -0.0202. The summed E-state index contributed by atoms with van der Waals surface area (Å²) in [5, 5.41) is 11.5. The van der Waals surface area contributed by atoms with Gasteiger partial charge in [-0.25, -0.2) is 0 Å². The van der Waals surface area contributed by atoms with E-state index in [1.165, 1.54) is 17.3 Å². The molecule has 3 rings (SSSR count). The molecular formula is C19H20N4OS. The highest BCUT2D eigenvalue weighted by atomic mass is 32.2. The van der Waals surface area contributed by atoms with Gasteiger partial charge in [-0.1, -0.05) is 59.8 Å². The van der Waals surface area contributed by atoms with Crippen molar-refractivity contribution in [3.63, 3.8) is 0 Å². The summed E-state index contributed by atoms with van der Waals surface area (Å²) >= 11 is 1.39. The molecule has 1 N–H and O–H groups in total. The van der Waals surface area contributed by atoms with Crippen LogP contribution < -0.4 is 5.32 Å². The third-order valence-corrected chi connectivity index (χ3v) is 4.85. The van der Waals surface area contributed by atoms with Crippen molar-refractivity contribution in [2.75, 3.05) is 0 Å². The first-order chi connectivity index (χ1) is 12.1. The Kier molecular flexibility index (Phi) is 5.50. The molecular weight excluding hydrogens is 332 g/mol. The van der Waals surface area contributed by atoms with Crippen LogP contribution in [0.15, 0.2) is 66.1 Å². The average Bonchev–Trinajstić information content (AvgIpc) is 3.09. The van der Waals surface area contributed by atoms with Crippen LogP contribution in [0.1, 0.15) is 18.1 Å². The van der Waals surface area contributed by atoms with Crippen molar-refractivity contribution in [2.24, 2.45) is 0 Å². The Labute approximate surface area is 151 Å². The minimum Gasteiger partial charge on any atom is -0.351 e. The van der Waals surface area contributed by atoms with Gasteiger partial charge in [0.2, 0.25) is 5.91 Å². The Morgan fingerprint density at radius 3 is 2.60 bits per heavy atom. The molecule has 1 heterocycles. The van der Waals surface area contributed by atoms with Gasteiger partial charge in [0, 0.05) is 12.2 Å². The predicted molar refractivity (Wildman–Crippen MR) is 99.7 cm³/mol. The molecule has 0 saturated heterocycles. The van der Waals surface area contributed by atoms with Crippen molar-refractivity contribution in [2.45, 2.75) is 30.8 Å². The number of thioether (sulfide) groups is 1. The number of hydrogen-bond acceptors (Lipinski definition) is 4. The van der Waals surface area contributed by atoms with Gasteiger partial charge in [0.15, 0.2) is 5.16 Å². The normalized spacial score (nSPS) is 11.9. The van der Waals surface area contributed by atoms with Crippen LogP contribution in [0, 0.1) is 6.92 Å². The van der Waals surface area contributed by atoms with Crippen LogP contribution in [0.4, 0.5) is 0 Å². The molecule has 3 aromatic rings. The van der Waals surface area contributed by atoms with Gasteiger partial charge in [0.1, 0.15) is 6.33 Å². The van der Waals surface area contributed by atoms with E-state index in [0.717, 1.165) is 11.3 Å². The lowest BCUT2D eigenvalue weighted by molar-refractivity contribution is -0.120. The van der Waals surface area contributed by atoms with Crippen LogP contribution in [0.3, 0.4) is 0 Å². The second kappa shape index (κ2) is 7.98. The molecule has 128 valence electrons. The van der Waals surface area contributed by atoms with E-state index in [4.69, 9.17) is 0 Å². The summed E-state index contributed by atoms with van der Waals surface area (Å²) in [7, 11) is 0. The number of nitrogens with zero attached hydrogens (tertiary/aromatic N) is 3. The van der Waals surface area contributed by atoms with Crippen molar-refractivity contribution in [1.82, 2.24) is 20.1 Å². The molecule has 1 aromatic heterocycles. The molecule has 1 amide bonds. The highest BCUT2D eigenvalue weighted by Crippen LogP contribution is 2.23. The molecule has 1 atom stereocenters. The maximum atomic E-state index is 12.4. The quantitative estimate of drug-likeness (QED) is 0.691. The van der Waals surface area contributed by atoms with E-state index in [9.17, 15) is 4.79 Å². The zero-order valence-corrected chi connectivity index (χ0v) is 15.0. The Bertz CT molecular complexity index is 830. The molecule has 0 bridgehead atoms. The van der Waals surface area contributed by atoms with Gasteiger partial charge in [-0.3, -0.25) is 9.36 Å². The Morgan fingerprint density at radius 1 is 1.16 bits per heavy atom. The number of aromatic nitrogens is 3. The fourth-order valence-corrected chi connectivity index (χ4v) is 3.19. The molecule has 0 radical (unpaired) electrons. The summed E-state index contributed by atoms with van der Waals surface area (Å²) in [4.78, 5) is 12.4. The largest absolute Gasteiger partial charge is 0.351 e. The number of hydrogen-bond donors (Lipinski definition) is 1. The van der Waals surface area contributed by atoms with Crippen molar-refractivity contribution in [1.29, 1.82) is 0 Å². The molecule has 5 nitrogen and oxygen atoms in total. The van der Waals surface area contributed by atoms with Gasteiger partial charge in [-0.2, -0.15) is 0 Å². The third-order valence-electron chi connectivity index (χ3n) is 3.79. The summed E-state index contributed by atoms with van der Waals surface area (Å²) in [6.07, 6.45) is 1.66. The highest BCUT2D eigenvalue weighted by Gasteiger charge is 2.18. The summed E-state index contributed by atoms with van der Waals surface area (Å²) in [6.45, 7) is 4.44. The standard InChI is InChI=1S/C19H20N4OS/c1-14-8-10-16(11-9-14)12-20-18(24)15(2)25-19-22-21-13-23(19)17-6-4-3-5-7-17/h3-11,13,15H,12H2,1-2H3,(H,20,24). The monoisotopic (exact) mass is 352 g/mol. The average molecular weight is 352 g/mol. The number of carbonyl (C=O) groups is 1. The lowest BCUT2D eigenvalue weighted by Gasteiger charge is -2.12. The van der Waals surface area contributed by atoms with E-state index in [1.807, 2.05) is 73.0 Å². The maximum Gasteiger partial charge on any atom is 0.233 e. The third kappa shape index (κ3) is 4.48. The maximum absolute atomic E-state index is 12.4. The number of rotatable bonds is 6. The van der Waals surface area contributed by atoms with Crippen LogP contribution in [-0.4, -0.2) is 25.9 Å². The van der Waals surface area contributed by atoms with Gasteiger partial charge in [-0.15, -0.1) is 10.2 Å². The van der Waals surface area contributed by atoms with Crippen molar-refractivity contribution in [3.05, 3.63) is 72.1 Å². The topological polar surface area (TPSA) is 59.8 Å². The highest BCUT2D eigenvalue weighted by molar-refractivity contribution is 8.00. The van der Waals surface area contributed by atoms with Crippen LogP contribution in [0.2, 0.25) is 0 Å². The SMILES string of the molecule is Cc1ccc(CNC(=O)C(C)Sc2nncn2-c2ccccc2)cc1. The lowest BCUT2D eigenvalue weighted by atomic mass is 10.1. The minimum atomic E-state index is -0.267. The number of benzene rings is 2. The Hall–Kier alpha value is -2.60. The van der Waals surface area contributed by atoms with Crippen LogP contribution in [0.5, 0.6) is 0 Å². The fraction of sp³-hybridized carbons (Fsp3) is 0.211. The Morgan fingerprint density at radius 2 is 1.88 bits per heavy atom. The zero-order chi connectivity index (χ0) is 17.6. The van der Waals surface area contributed by atoms with Gasteiger partial charge in [0.25, 0.3) is 0 Å². The fourth-order valence-electron chi connectivity index (χ4n) is 2.32. The molecule has 25 heavy (non-hydrogen) atoms. The van der Waals surface area contributed by atoms with Gasteiger partial charge < -0.3 is 5.32 Å². The smallest absolute Gasteiger partial charge is 0.233 e. The van der Waals surface area contributed by atoms with Crippen LogP contribution >= 0.6 is 11.8 Å². The predicted octanol–water partition coefficient (Wildman–Crippen LogP) is 3.37. The zero-order valence-electron chi connectivity index (χ0n) is 14.2. The minimum absolute atomic E-state index is 0.0202. The molecule has 6 heteroatoms. The molecule has 0 aliphatic heterocycles. The summed E-state index contributed by atoms with van der Waals surface area (Å²) < 4.78 is 1.88. The molecule has 2 aromatic carbocycles. The van der Waals surface area contributed by atoms with E-state index in [-0.39, 0.29) is 11.2 Å². The van der Waals surface area contributed by atoms with E-state index in [1.54, 1.807) is 6.33 Å². The van der Waals surface area contributed by atoms with E-state index < -0.39 is 0 Å². The first kappa shape index (κ1) is 17.2. The molecule has 0 spiro atoms. The van der Waals surface area contributed by atoms with Gasteiger partial charge >= 0.3 is 0 Å². The number of para-hydroxylation sites is 1. The second-order valence-electron chi connectivity index (χ2n) is 5.78. The molecule has 0 aliphatic carbocycles. The van der Waals surface area contributed by atoms with Crippen LogP contribution in [0.25, 0.3) is 5.69 Å². The Balaban J connectivity index is 1.60. The first-order valence-corrected chi connectivity index (χ1v) is 8.97. The molecule has 0 aliphatic rings. The van der Waals surface area contributed by atoms with Crippen molar-refractivity contribution < 1.29 is 4.79 Å². The lowest BCUT2D eigenvalue weighted by Crippen LogP contribution is -2.30. The van der Waals surface area contributed by atoms with Crippen molar-refractivity contribution >= 4 is 17.7 Å². The van der Waals surface area contributed by atoms with E-state index in [2.05, 4.69) is 15.5 Å². The van der Waals surface area contributed by atoms with Gasteiger partial charge in [-0.05, 0) is 31.5 Å². The second-order valence-corrected chi connectivity index (χ2v) is 7.09. The number of aryl methyl sites for hydroxylation is 1. The number of amides is 1. The number of carbonyl (C=O) groups excluding carboxylic acids is 1. The molecule has 0 saturated carbocycles.